The molecule has 3 saturated heterocycles. The van der Waals surface area contributed by atoms with E-state index in [4.69, 9.17) is 15.5 Å². The van der Waals surface area contributed by atoms with Crippen molar-refractivity contribution in [2.75, 3.05) is 37.8 Å². The normalized spacial score (nSPS) is 20.2. The van der Waals surface area contributed by atoms with Gasteiger partial charge in [-0.25, -0.2) is 9.78 Å². The fraction of sp³-hybridized carbons (Fsp3) is 0.258. The van der Waals surface area contributed by atoms with Crippen molar-refractivity contribution >= 4 is 39.3 Å². The van der Waals surface area contributed by atoms with Crippen LogP contribution < -0.4 is 16.6 Å². The number of nitrogen functional groups attached to an aromatic ring is 1. The zero-order valence-corrected chi connectivity index (χ0v) is 22.2. The van der Waals surface area contributed by atoms with E-state index in [0.717, 1.165) is 65.7 Å². The minimum Gasteiger partial charge on any atom is -0.465 e. The molecule has 3 fully saturated rings. The van der Waals surface area contributed by atoms with E-state index in [1.54, 1.807) is 18.2 Å². The number of carbonyl (C=O) groups excluding carboxylic acids is 1. The van der Waals surface area contributed by atoms with Crippen molar-refractivity contribution in [2.24, 2.45) is 5.92 Å². The number of para-hydroxylation sites is 2. The predicted molar refractivity (Wildman–Crippen MR) is 157 cm³/mol. The van der Waals surface area contributed by atoms with E-state index in [-0.39, 0.29) is 11.6 Å². The Kier molecular flexibility index (Phi) is 5.82. The molecule has 5 N–H and O–H groups in total. The second kappa shape index (κ2) is 9.53. The van der Waals surface area contributed by atoms with Crippen LogP contribution in [-0.2, 0) is 4.74 Å². The molecule has 40 heavy (non-hydrogen) atoms. The topological polar surface area (TPSA) is 129 Å². The number of methoxy groups -OCH3 is 1. The lowest BCUT2D eigenvalue weighted by atomic mass is 9.83. The van der Waals surface area contributed by atoms with Gasteiger partial charge < -0.3 is 30.7 Å². The minimum absolute atomic E-state index is 0.221. The first-order valence-electron chi connectivity index (χ1n) is 13.6. The number of anilines is 2. The maximum Gasteiger partial charge on any atom is 0.337 e. The molecular formula is C31H30N6O3. The summed E-state index contributed by atoms with van der Waals surface area (Å²) in [6, 6.07) is 19.1. The number of ether oxygens (including phenoxy) is 1. The molecule has 9 heteroatoms. The molecule has 5 heterocycles. The van der Waals surface area contributed by atoms with Gasteiger partial charge in [0.1, 0.15) is 11.4 Å². The molecule has 3 aromatic carbocycles. The first-order chi connectivity index (χ1) is 19.5. The third-order valence-corrected chi connectivity index (χ3v) is 8.41. The number of nitrogens with two attached hydrogens (primary N) is 1. The molecule has 202 valence electrons. The zero-order valence-electron chi connectivity index (χ0n) is 22.2. The van der Waals surface area contributed by atoms with E-state index in [2.05, 4.69) is 20.2 Å². The zero-order chi connectivity index (χ0) is 27.4. The van der Waals surface area contributed by atoms with E-state index in [9.17, 15) is 9.59 Å². The van der Waals surface area contributed by atoms with Gasteiger partial charge in [-0.15, -0.1) is 0 Å². The van der Waals surface area contributed by atoms with Crippen molar-refractivity contribution in [3.63, 3.8) is 0 Å². The number of pyridine rings is 1. The SMILES string of the molecule is COC(=O)c1ccc(-c2ccc3c(N[C@H]4CN5CCC4CC5)c(-c4nc5ccccc5[nH]4)c(=O)[nH]c3c2)c(N)c1. The van der Waals surface area contributed by atoms with E-state index in [0.29, 0.717) is 34.1 Å². The van der Waals surface area contributed by atoms with Crippen LogP contribution in [-0.4, -0.2) is 58.6 Å². The summed E-state index contributed by atoms with van der Waals surface area (Å²) < 4.78 is 4.82. The molecule has 0 amide bonds. The molecule has 0 unspecified atom stereocenters. The number of fused-ring (bicyclic) bond motifs is 5. The molecule has 0 saturated carbocycles. The maximum atomic E-state index is 13.8. The van der Waals surface area contributed by atoms with Gasteiger partial charge in [0.05, 0.1) is 34.9 Å². The van der Waals surface area contributed by atoms with E-state index in [1.165, 1.54) is 7.11 Å². The van der Waals surface area contributed by atoms with Crippen LogP contribution in [0.5, 0.6) is 0 Å². The molecule has 3 aliphatic rings. The second-order valence-corrected chi connectivity index (χ2v) is 10.7. The molecule has 2 bridgehead atoms. The van der Waals surface area contributed by atoms with Crippen molar-refractivity contribution in [3.8, 4) is 22.5 Å². The van der Waals surface area contributed by atoms with E-state index < -0.39 is 5.97 Å². The Bertz CT molecular complexity index is 1800. The van der Waals surface area contributed by atoms with Crippen LogP contribution in [0.1, 0.15) is 23.2 Å². The number of nitrogens with one attached hydrogen (secondary N) is 3. The molecule has 2 aromatic heterocycles. The van der Waals surface area contributed by atoms with Crippen LogP contribution in [0, 0.1) is 5.92 Å². The van der Waals surface area contributed by atoms with Crippen molar-refractivity contribution in [3.05, 3.63) is 76.6 Å². The summed E-state index contributed by atoms with van der Waals surface area (Å²) in [4.78, 5) is 39.4. The summed E-state index contributed by atoms with van der Waals surface area (Å²) >= 11 is 0. The Morgan fingerprint density at radius 2 is 1.88 bits per heavy atom. The van der Waals surface area contributed by atoms with Crippen LogP contribution in [0.25, 0.3) is 44.5 Å². The molecule has 5 aromatic rings. The highest BCUT2D eigenvalue weighted by Gasteiger charge is 2.35. The van der Waals surface area contributed by atoms with Gasteiger partial charge in [-0.05, 0) is 67.7 Å². The fourth-order valence-corrected chi connectivity index (χ4v) is 6.30. The molecule has 9 nitrogen and oxygen atoms in total. The van der Waals surface area contributed by atoms with Gasteiger partial charge >= 0.3 is 5.97 Å². The Labute approximate surface area is 230 Å². The standard InChI is InChI=1S/C31H30N6O3/c1-40-31(39)19-7-8-20(22(32)14-19)18-6-9-21-25(15-18)36-30(38)27(29-34-23-4-2-3-5-24(23)35-29)28(21)33-26-16-37-12-10-17(26)11-13-37/h2-9,14-15,17,26H,10-13,16,32H2,1H3,(H,34,35)(H2,33,36,38)/t26-/m0/s1. The van der Waals surface area contributed by atoms with Crippen molar-refractivity contribution in [1.82, 2.24) is 19.9 Å². The largest absolute Gasteiger partial charge is 0.465 e. The number of H-pyrrole nitrogens is 2. The highest BCUT2D eigenvalue weighted by Crippen LogP contribution is 2.37. The van der Waals surface area contributed by atoms with Crippen LogP contribution in [0.3, 0.4) is 0 Å². The van der Waals surface area contributed by atoms with Crippen molar-refractivity contribution in [2.45, 2.75) is 18.9 Å². The third-order valence-electron chi connectivity index (χ3n) is 8.41. The summed E-state index contributed by atoms with van der Waals surface area (Å²) in [7, 11) is 1.34. The fourth-order valence-electron chi connectivity index (χ4n) is 6.30. The number of piperidine rings is 3. The summed E-state index contributed by atoms with van der Waals surface area (Å²) in [5.74, 6) is 0.665. The third kappa shape index (κ3) is 4.10. The summed E-state index contributed by atoms with van der Waals surface area (Å²) in [5.41, 5.74) is 12.2. The molecule has 8 rings (SSSR count). The van der Waals surface area contributed by atoms with Crippen LogP contribution in [0.15, 0.2) is 65.5 Å². The van der Waals surface area contributed by atoms with Gasteiger partial charge in [0, 0.05) is 29.2 Å². The summed E-state index contributed by atoms with van der Waals surface area (Å²) in [6.07, 6.45) is 2.31. The highest BCUT2D eigenvalue weighted by atomic mass is 16.5. The van der Waals surface area contributed by atoms with Gasteiger partial charge in [0.2, 0.25) is 0 Å². The number of carbonyl (C=O) groups is 1. The number of benzene rings is 3. The first kappa shape index (κ1) is 24.4. The summed E-state index contributed by atoms with van der Waals surface area (Å²) in [6.45, 7) is 3.23. The molecule has 0 aliphatic carbocycles. The van der Waals surface area contributed by atoms with Gasteiger partial charge in [0.25, 0.3) is 5.56 Å². The van der Waals surface area contributed by atoms with Crippen LogP contribution in [0.4, 0.5) is 11.4 Å². The molecular weight excluding hydrogens is 504 g/mol. The number of esters is 1. The molecule has 0 radical (unpaired) electrons. The number of hydrogen-bond donors (Lipinski definition) is 4. The number of rotatable bonds is 5. The van der Waals surface area contributed by atoms with Gasteiger partial charge in [-0.3, -0.25) is 4.79 Å². The number of nitrogens with zero attached hydrogens (tertiary/aromatic N) is 2. The molecule has 1 atom stereocenters. The lowest BCUT2D eigenvalue weighted by molar-refractivity contribution is 0.0601. The van der Waals surface area contributed by atoms with Crippen LogP contribution in [0.2, 0.25) is 0 Å². The Balaban J connectivity index is 1.37. The Morgan fingerprint density at radius 1 is 1.05 bits per heavy atom. The lowest BCUT2D eigenvalue weighted by Gasteiger charge is -2.45. The van der Waals surface area contributed by atoms with Crippen molar-refractivity contribution < 1.29 is 9.53 Å². The number of aromatic amines is 2. The number of aromatic nitrogens is 3. The number of imidazole rings is 1. The lowest BCUT2D eigenvalue weighted by Crippen LogP contribution is -2.53. The minimum atomic E-state index is -0.442. The molecule has 3 aliphatic heterocycles. The van der Waals surface area contributed by atoms with E-state index in [1.807, 2.05) is 42.5 Å². The molecule has 0 spiro atoms. The number of hydrogen-bond acceptors (Lipinski definition) is 7. The predicted octanol–water partition coefficient (Wildman–Crippen LogP) is 4.61. The van der Waals surface area contributed by atoms with Gasteiger partial charge in [-0.1, -0.05) is 30.3 Å². The van der Waals surface area contributed by atoms with Crippen molar-refractivity contribution in [1.29, 1.82) is 0 Å². The van der Waals surface area contributed by atoms with Gasteiger partial charge in [0.15, 0.2) is 0 Å². The maximum absolute atomic E-state index is 13.8. The smallest absolute Gasteiger partial charge is 0.337 e. The highest BCUT2D eigenvalue weighted by molar-refractivity contribution is 6.01. The Hall–Kier alpha value is -4.63. The Morgan fingerprint density at radius 3 is 2.60 bits per heavy atom. The first-order valence-corrected chi connectivity index (χ1v) is 13.6. The van der Waals surface area contributed by atoms with Crippen LogP contribution >= 0.6 is 0 Å². The average molecular weight is 535 g/mol. The second-order valence-electron chi connectivity index (χ2n) is 10.7. The van der Waals surface area contributed by atoms with Gasteiger partial charge in [-0.2, -0.15) is 0 Å². The summed E-state index contributed by atoms with van der Waals surface area (Å²) in [5, 5.41) is 4.71. The average Bonchev–Trinajstić information content (AvgIpc) is 3.40. The van der Waals surface area contributed by atoms with E-state index >= 15 is 0 Å². The quantitative estimate of drug-likeness (QED) is 0.191. The monoisotopic (exact) mass is 534 g/mol.